The van der Waals surface area contributed by atoms with Crippen molar-refractivity contribution in [3.8, 4) is 5.75 Å². The maximum Gasteiger partial charge on any atom is 0.337 e. The maximum atomic E-state index is 12.6. The molecule has 1 atom stereocenters. The highest BCUT2D eigenvalue weighted by molar-refractivity contribution is 7.80. The number of carbonyl (C=O) groups excluding carboxylic acids is 1. The van der Waals surface area contributed by atoms with Crippen molar-refractivity contribution >= 4 is 40.6 Å². The van der Waals surface area contributed by atoms with Crippen LogP contribution in [0.4, 0.5) is 5.69 Å². The molecular weight excluding hydrogens is 384 g/mol. The predicted molar refractivity (Wildman–Crippen MR) is 110 cm³/mol. The van der Waals surface area contributed by atoms with Gasteiger partial charge in [-0.25, -0.2) is 4.79 Å². The van der Waals surface area contributed by atoms with Crippen molar-refractivity contribution in [1.29, 1.82) is 0 Å². The Balaban J connectivity index is 2.11. The Morgan fingerprint density at radius 1 is 1.19 bits per heavy atom. The molecule has 0 aliphatic carbocycles. The fraction of sp³-hybridized carbons (Fsp3) is 0.200. The lowest BCUT2D eigenvalue weighted by Gasteiger charge is -2.37. The summed E-state index contributed by atoms with van der Waals surface area (Å²) >= 11 is 11.7. The summed E-state index contributed by atoms with van der Waals surface area (Å²) in [5, 5.41) is 4.31. The largest absolute Gasteiger partial charge is 0.497 e. The van der Waals surface area contributed by atoms with Gasteiger partial charge < -0.3 is 14.8 Å². The van der Waals surface area contributed by atoms with E-state index in [2.05, 4.69) is 5.32 Å². The van der Waals surface area contributed by atoms with Gasteiger partial charge in [0.1, 0.15) is 5.75 Å². The summed E-state index contributed by atoms with van der Waals surface area (Å²) in [5.41, 5.74) is 2.82. The fourth-order valence-electron chi connectivity index (χ4n) is 3.10. The van der Waals surface area contributed by atoms with Crippen LogP contribution in [0.25, 0.3) is 0 Å². The minimum Gasteiger partial charge on any atom is -0.497 e. The fourth-order valence-corrected chi connectivity index (χ4v) is 3.65. The molecule has 0 spiro atoms. The Labute approximate surface area is 168 Å². The zero-order valence-electron chi connectivity index (χ0n) is 15.2. The van der Waals surface area contributed by atoms with Gasteiger partial charge in [0.2, 0.25) is 0 Å². The molecule has 0 amide bonds. The van der Waals surface area contributed by atoms with Crippen LogP contribution < -0.4 is 15.0 Å². The number of rotatable bonds is 4. The minimum absolute atomic E-state index is 0.425. The molecule has 27 heavy (non-hydrogen) atoms. The number of nitrogens with zero attached hydrogens (tertiary/aromatic N) is 1. The second-order valence-corrected chi connectivity index (χ2v) is 6.78. The summed E-state index contributed by atoms with van der Waals surface area (Å²) in [7, 11) is 2.97. The molecule has 0 saturated carbocycles. The normalized spacial score (nSPS) is 16.8. The SMILES string of the molecule is COC(=O)C1=C(C)N(c2ccc(OC)cc2)C(=S)N[C@@H]1c1cccc(Cl)c1. The second kappa shape index (κ2) is 7.98. The first-order chi connectivity index (χ1) is 13.0. The lowest BCUT2D eigenvalue weighted by Crippen LogP contribution is -2.48. The highest BCUT2D eigenvalue weighted by Crippen LogP contribution is 2.35. The molecule has 140 valence electrons. The van der Waals surface area contributed by atoms with E-state index in [4.69, 9.17) is 33.3 Å². The molecule has 1 aliphatic rings. The maximum absolute atomic E-state index is 12.6. The Hall–Kier alpha value is -2.57. The van der Waals surface area contributed by atoms with Crippen LogP contribution in [-0.4, -0.2) is 25.3 Å². The van der Waals surface area contributed by atoms with Crippen molar-refractivity contribution in [3.05, 3.63) is 70.4 Å². The Bertz CT molecular complexity index is 912. The van der Waals surface area contributed by atoms with Crippen LogP contribution in [0.5, 0.6) is 5.75 Å². The van der Waals surface area contributed by atoms with Gasteiger partial charge in [0, 0.05) is 16.4 Å². The molecule has 1 heterocycles. The number of ether oxygens (including phenoxy) is 2. The highest BCUT2D eigenvalue weighted by Gasteiger charge is 2.35. The number of nitrogens with one attached hydrogen (secondary N) is 1. The van der Waals surface area contributed by atoms with Crippen molar-refractivity contribution in [3.63, 3.8) is 0 Å². The van der Waals surface area contributed by atoms with E-state index in [9.17, 15) is 4.79 Å². The summed E-state index contributed by atoms with van der Waals surface area (Å²) in [6.45, 7) is 1.85. The van der Waals surface area contributed by atoms with Crippen molar-refractivity contribution in [2.75, 3.05) is 19.1 Å². The standard InChI is InChI=1S/C20H19ClN2O3S/c1-12-17(19(24)26-3)18(13-5-4-6-14(21)11-13)22-20(27)23(12)15-7-9-16(25-2)10-8-15/h4-11,18H,1-3H3,(H,22,27)/t18-/m1/s1. The summed E-state index contributed by atoms with van der Waals surface area (Å²) in [4.78, 5) is 14.4. The number of anilines is 1. The zero-order valence-corrected chi connectivity index (χ0v) is 16.7. The average molecular weight is 403 g/mol. The van der Waals surface area contributed by atoms with Gasteiger partial charge in [-0.2, -0.15) is 0 Å². The number of methoxy groups -OCH3 is 2. The number of esters is 1. The van der Waals surface area contributed by atoms with Crippen molar-refractivity contribution < 1.29 is 14.3 Å². The molecular formula is C20H19ClN2O3S. The number of hydrogen-bond acceptors (Lipinski definition) is 4. The van der Waals surface area contributed by atoms with Crippen LogP contribution >= 0.6 is 23.8 Å². The Kier molecular flexibility index (Phi) is 5.68. The van der Waals surface area contributed by atoms with E-state index >= 15 is 0 Å². The van der Waals surface area contributed by atoms with Crippen LogP contribution in [0.1, 0.15) is 18.5 Å². The van der Waals surface area contributed by atoms with Gasteiger partial charge in [-0.15, -0.1) is 0 Å². The van der Waals surface area contributed by atoms with E-state index in [0.29, 0.717) is 21.4 Å². The van der Waals surface area contributed by atoms with E-state index in [0.717, 1.165) is 17.0 Å². The van der Waals surface area contributed by atoms with Crippen molar-refractivity contribution in [1.82, 2.24) is 5.32 Å². The van der Waals surface area contributed by atoms with Crippen LogP contribution in [-0.2, 0) is 9.53 Å². The summed E-state index contributed by atoms with van der Waals surface area (Å²) in [5.74, 6) is 0.312. The van der Waals surface area contributed by atoms with E-state index in [1.807, 2.05) is 48.2 Å². The predicted octanol–water partition coefficient (Wildman–Crippen LogP) is 4.23. The first kappa shape index (κ1) is 19.2. The third kappa shape index (κ3) is 3.77. The third-order valence-electron chi connectivity index (χ3n) is 4.40. The number of benzene rings is 2. The molecule has 0 radical (unpaired) electrons. The second-order valence-electron chi connectivity index (χ2n) is 5.96. The van der Waals surface area contributed by atoms with E-state index in [-0.39, 0.29) is 0 Å². The molecule has 2 aromatic rings. The first-order valence-electron chi connectivity index (χ1n) is 8.25. The topological polar surface area (TPSA) is 50.8 Å². The molecule has 0 unspecified atom stereocenters. The summed E-state index contributed by atoms with van der Waals surface area (Å²) in [6, 6.07) is 14.3. The highest BCUT2D eigenvalue weighted by atomic mass is 35.5. The van der Waals surface area contributed by atoms with Gasteiger partial charge in [0.25, 0.3) is 0 Å². The van der Waals surface area contributed by atoms with Gasteiger partial charge in [0.15, 0.2) is 5.11 Å². The molecule has 0 aromatic heterocycles. The van der Waals surface area contributed by atoms with E-state index < -0.39 is 12.0 Å². The van der Waals surface area contributed by atoms with Crippen LogP contribution in [0, 0.1) is 0 Å². The molecule has 3 rings (SSSR count). The first-order valence-corrected chi connectivity index (χ1v) is 9.04. The average Bonchev–Trinajstić information content (AvgIpc) is 2.67. The van der Waals surface area contributed by atoms with Gasteiger partial charge in [-0.1, -0.05) is 23.7 Å². The summed E-state index contributed by atoms with van der Waals surface area (Å²) < 4.78 is 10.2. The van der Waals surface area contributed by atoms with Gasteiger partial charge in [-0.05, 0) is 61.1 Å². The summed E-state index contributed by atoms with van der Waals surface area (Å²) in [6.07, 6.45) is 0. The molecule has 1 aliphatic heterocycles. The van der Waals surface area contributed by atoms with E-state index in [1.165, 1.54) is 7.11 Å². The lowest BCUT2D eigenvalue weighted by atomic mass is 9.95. The molecule has 1 N–H and O–H groups in total. The van der Waals surface area contributed by atoms with E-state index in [1.54, 1.807) is 19.2 Å². The Morgan fingerprint density at radius 2 is 1.89 bits per heavy atom. The smallest absolute Gasteiger partial charge is 0.337 e. The number of allylic oxidation sites excluding steroid dienone is 1. The van der Waals surface area contributed by atoms with Crippen molar-refractivity contribution in [2.24, 2.45) is 0 Å². The molecule has 0 fully saturated rings. The Morgan fingerprint density at radius 3 is 2.48 bits per heavy atom. The molecule has 2 aromatic carbocycles. The van der Waals surface area contributed by atoms with Gasteiger partial charge in [0.05, 0.1) is 25.8 Å². The number of carbonyl (C=O) groups is 1. The van der Waals surface area contributed by atoms with Crippen LogP contribution in [0.15, 0.2) is 59.8 Å². The number of thiocarbonyl (C=S) groups is 1. The molecule has 7 heteroatoms. The molecule has 5 nitrogen and oxygen atoms in total. The van der Waals surface area contributed by atoms with Gasteiger partial charge >= 0.3 is 5.97 Å². The number of halogens is 1. The van der Waals surface area contributed by atoms with Crippen LogP contribution in [0.2, 0.25) is 5.02 Å². The van der Waals surface area contributed by atoms with Crippen LogP contribution in [0.3, 0.4) is 0 Å². The van der Waals surface area contributed by atoms with Gasteiger partial charge in [-0.3, -0.25) is 4.90 Å². The third-order valence-corrected chi connectivity index (χ3v) is 4.94. The quantitative estimate of drug-likeness (QED) is 0.610. The number of hydrogen-bond donors (Lipinski definition) is 1. The zero-order chi connectivity index (χ0) is 19.6. The molecule has 0 saturated heterocycles. The lowest BCUT2D eigenvalue weighted by molar-refractivity contribution is -0.136. The minimum atomic E-state index is -0.446. The molecule has 0 bridgehead atoms. The van der Waals surface area contributed by atoms with Crippen molar-refractivity contribution in [2.45, 2.75) is 13.0 Å². The monoisotopic (exact) mass is 402 g/mol.